The molecular weight excluding hydrogens is 240 g/mol. The Kier molecular flexibility index (Phi) is 4.80. The van der Waals surface area contributed by atoms with Gasteiger partial charge in [-0.2, -0.15) is 0 Å². The predicted octanol–water partition coefficient (Wildman–Crippen LogP) is 2.00. The second-order valence-corrected chi connectivity index (χ2v) is 5.00. The first-order chi connectivity index (χ1) is 9.24. The maximum Gasteiger partial charge on any atom is 0.257 e. The average Bonchev–Trinajstić information content (AvgIpc) is 2.45. The summed E-state index contributed by atoms with van der Waals surface area (Å²) >= 11 is 0. The van der Waals surface area contributed by atoms with E-state index in [4.69, 9.17) is 0 Å². The van der Waals surface area contributed by atoms with Gasteiger partial charge >= 0.3 is 0 Å². The summed E-state index contributed by atoms with van der Waals surface area (Å²) in [7, 11) is 0. The maximum absolute atomic E-state index is 12.6. The van der Waals surface area contributed by atoms with Gasteiger partial charge in [0, 0.05) is 12.6 Å². The third-order valence-corrected chi connectivity index (χ3v) is 3.61. The van der Waals surface area contributed by atoms with Gasteiger partial charge in [-0.05, 0) is 44.5 Å². The van der Waals surface area contributed by atoms with E-state index < -0.39 is 0 Å². The number of carbonyl (C=O) groups excluding carboxylic acids is 1. The molecule has 0 bridgehead atoms. The zero-order chi connectivity index (χ0) is 13.7. The van der Waals surface area contributed by atoms with E-state index >= 15 is 0 Å². The average molecular weight is 262 g/mol. The fourth-order valence-electron chi connectivity index (χ4n) is 2.62. The van der Waals surface area contributed by atoms with Gasteiger partial charge < -0.3 is 15.3 Å². The van der Waals surface area contributed by atoms with Crippen LogP contribution in [0.3, 0.4) is 0 Å². The minimum Gasteiger partial charge on any atom is -0.507 e. The molecule has 1 aromatic rings. The van der Waals surface area contributed by atoms with Gasteiger partial charge in [0.2, 0.25) is 0 Å². The van der Waals surface area contributed by atoms with Crippen molar-refractivity contribution in [1.29, 1.82) is 0 Å². The number of rotatable bonds is 4. The van der Waals surface area contributed by atoms with Crippen LogP contribution in [0.5, 0.6) is 5.75 Å². The van der Waals surface area contributed by atoms with Crippen molar-refractivity contribution in [2.24, 2.45) is 0 Å². The van der Waals surface area contributed by atoms with E-state index in [1.807, 2.05) is 4.90 Å². The van der Waals surface area contributed by atoms with E-state index in [0.717, 1.165) is 38.9 Å². The van der Waals surface area contributed by atoms with Gasteiger partial charge in [0.05, 0.1) is 5.56 Å². The molecule has 0 aliphatic carbocycles. The number of carbonyl (C=O) groups is 1. The van der Waals surface area contributed by atoms with Crippen molar-refractivity contribution in [3.63, 3.8) is 0 Å². The van der Waals surface area contributed by atoms with Crippen LogP contribution in [-0.4, -0.2) is 41.6 Å². The molecule has 0 aromatic heterocycles. The number of phenols is 1. The van der Waals surface area contributed by atoms with Crippen molar-refractivity contribution in [2.45, 2.75) is 32.2 Å². The molecule has 0 unspecified atom stereocenters. The number of aromatic hydroxyl groups is 1. The molecule has 19 heavy (non-hydrogen) atoms. The highest BCUT2D eigenvalue weighted by Gasteiger charge is 2.26. The largest absolute Gasteiger partial charge is 0.507 e. The Morgan fingerprint density at radius 1 is 1.37 bits per heavy atom. The number of amides is 1. The second-order valence-electron chi connectivity index (χ2n) is 5.00. The van der Waals surface area contributed by atoms with Crippen LogP contribution >= 0.6 is 0 Å². The number of hydrogen-bond donors (Lipinski definition) is 2. The highest BCUT2D eigenvalue weighted by atomic mass is 16.3. The fraction of sp³-hybridized carbons (Fsp3) is 0.533. The summed E-state index contributed by atoms with van der Waals surface area (Å²) in [6, 6.07) is 7.08. The van der Waals surface area contributed by atoms with Gasteiger partial charge in [0.25, 0.3) is 5.91 Å². The molecule has 1 aromatic carbocycles. The Labute approximate surface area is 114 Å². The Balaban J connectivity index is 2.18. The number of nitrogens with zero attached hydrogens (tertiary/aromatic N) is 1. The molecule has 0 radical (unpaired) electrons. The monoisotopic (exact) mass is 262 g/mol. The third kappa shape index (κ3) is 3.26. The van der Waals surface area contributed by atoms with Crippen molar-refractivity contribution in [2.75, 3.05) is 19.6 Å². The molecule has 1 aliphatic rings. The summed E-state index contributed by atoms with van der Waals surface area (Å²) in [6.07, 6.45) is 2.90. The van der Waals surface area contributed by atoms with Crippen LogP contribution < -0.4 is 5.32 Å². The molecule has 1 fully saturated rings. The van der Waals surface area contributed by atoms with Gasteiger partial charge in [-0.25, -0.2) is 0 Å². The van der Waals surface area contributed by atoms with E-state index in [1.165, 1.54) is 0 Å². The van der Waals surface area contributed by atoms with Crippen LogP contribution in [0, 0.1) is 0 Å². The molecule has 104 valence electrons. The van der Waals surface area contributed by atoms with Crippen LogP contribution in [0.15, 0.2) is 24.3 Å². The normalized spacial score (nSPS) is 16.3. The van der Waals surface area contributed by atoms with Crippen LogP contribution in [0.25, 0.3) is 0 Å². The van der Waals surface area contributed by atoms with E-state index in [0.29, 0.717) is 5.56 Å². The summed E-state index contributed by atoms with van der Waals surface area (Å²) in [5, 5.41) is 13.2. The van der Waals surface area contributed by atoms with E-state index in [2.05, 4.69) is 12.2 Å². The van der Waals surface area contributed by atoms with Crippen molar-refractivity contribution >= 4 is 5.91 Å². The summed E-state index contributed by atoms with van der Waals surface area (Å²) in [6.45, 7) is 4.74. The molecular formula is C15H22N2O2. The number of para-hydroxylation sites is 1. The first kappa shape index (κ1) is 13.9. The van der Waals surface area contributed by atoms with Crippen LogP contribution in [-0.2, 0) is 0 Å². The lowest BCUT2D eigenvalue weighted by molar-refractivity contribution is 0.0639. The number of phenolic OH excluding ortho intramolecular Hbond substituents is 1. The standard InChI is InChI=1S/C15H22N2O2/c1-2-11-17(12-7-9-16-10-8-12)15(19)13-5-3-4-6-14(13)18/h3-6,12,16,18H,2,7-11H2,1H3. The van der Waals surface area contributed by atoms with Crippen molar-refractivity contribution in [3.8, 4) is 5.75 Å². The van der Waals surface area contributed by atoms with Crippen molar-refractivity contribution in [1.82, 2.24) is 10.2 Å². The fourth-order valence-corrected chi connectivity index (χ4v) is 2.62. The predicted molar refractivity (Wildman–Crippen MR) is 75.3 cm³/mol. The molecule has 0 atom stereocenters. The second kappa shape index (κ2) is 6.57. The topological polar surface area (TPSA) is 52.6 Å². The molecule has 0 saturated carbocycles. The molecule has 1 amide bonds. The smallest absolute Gasteiger partial charge is 0.257 e. The molecule has 1 heterocycles. The molecule has 2 rings (SSSR count). The Morgan fingerprint density at radius 3 is 2.68 bits per heavy atom. The zero-order valence-corrected chi connectivity index (χ0v) is 11.4. The van der Waals surface area contributed by atoms with Crippen LogP contribution in [0.2, 0.25) is 0 Å². The summed E-state index contributed by atoms with van der Waals surface area (Å²) in [5.74, 6) is 0.0226. The van der Waals surface area contributed by atoms with Gasteiger partial charge in [-0.3, -0.25) is 4.79 Å². The number of benzene rings is 1. The Bertz CT molecular complexity index is 428. The van der Waals surface area contributed by atoms with Crippen LogP contribution in [0.1, 0.15) is 36.5 Å². The number of nitrogens with one attached hydrogen (secondary N) is 1. The highest BCUT2D eigenvalue weighted by Crippen LogP contribution is 2.21. The van der Waals surface area contributed by atoms with Crippen molar-refractivity contribution in [3.05, 3.63) is 29.8 Å². The van der Waals surface area contributed by atoms with E-state index in [1.54, 1.807) is 24.3 Å². The highest BCUT2D eigenvalue weighted by molar-refractivity contribution is 5.97. The first-order valence-corrected chi connectivity index (χ1v) is 7.03. The summed E-state index contributed by atoms with van der Waals surface area (Å²) < 4.78 is 0. The van der Waals surface area contributed by atoms with Gasteiger partial charge in [-0.1, -0.05) is 19.1 Å². The summed E-state index contributed by atoms with van der Waals surface area (Å²) in [5.41, 5.74) is 0.412. The minimum atomic E-state index is -0.0492. The summed E-state index contributed by atoms with van der Waals surface area (Å²) in [4.78, 5) is 14.5. The lowest BCUT2D eigenvalue weighted by Gasteiger charge is -2.34. The van der Waals surface area contributed by atoms with Crippen LogP contribution in [0.4, 0.5) is 0 Å². The Morgan fingerprint density at radius 2 is 2.05 bits per heavy atom. The third-order valence-electron chi connectivity index (χ3n) is 3.61. The van der Waals surface area contributed by atoms with E-state index in [9.17, 15) is 9.90 Å². The first-order valence-electron chi connectivity index (χ1n) is 7.03. The Hall–Kier alpha value is -1.55. The maximum atomic E-state index is 12.6. The van der Waals surface area contributed by atoms with Gasteiger partial charge in [0.1, 0.15) is 5.75 Å². The lowest BCUT2D eigenvalue weighted by Crippen LogP contribution is -2.46. The number of piperidine rings is 1. The SMILES string of the molecule is CCCN(C(=O)c1ccccc1O)C1CCNCC1. The molecule has 4 heteroatoms. The van der Waals surface area contributed by atoms with Gasteiger partial charge in [-0.15, -0.1) is 0 Å². The molecule has 2 N–H and O–H groups in total. The number of hydrogen-bond acceptors (Lipinski definition) is 3. The van der Waals surface area contributed by atoms with Gasteiger partial charge in [0.15, 0.2) is 0 Å². The van der Waals surface area contributed by atoms with Crippen molar-refractivity contribution < 1.29 is 9.90 Å². The van der Waals surface area contributed by atoms with E-state index in [-0.39, 0.29) is 17.7 Å². The molecule has 1 saturated heterocycles. The molecule has 4 nitrogen and oxygen atoms in total. The molecule has 0 spiro atoms. The minimum absolute atomic E-state index is 0.0492. The lowest BCUT2D eigenvalue weighted by atomic mass is 10.0. The quantitative estimate of drug-likeness (QED) is 0.872. The zero-order valence-electron chi connectivity index (χ0n) is 11.4. The molecule has 1 aliphatic heterocycles.